The summed E-state index contributed by atoms with van der Waals surface area (Å²) < 4.78 is 9.14. The predicted molar refractivity (Wildman–Crippen MR) is 90.2 cm³/mol. The molecule has 0 spiro atoms. The van der Waals surface area contributed by atoms with Crippen molar-refractivity contribution in [2.24, 2.45) is 23.7 Å². The topological polar surface area (TPSA) is 127 Å². The van der Waals surface area contributed by atoms with Gasteiger partial charge in [0, 0.05) is 0 Å². The first kappa shape index (κ1) is 21.9. The van der Waals surface area contributed by atoms with Crippen molar-refractivity contribution in [2.45, 2.75) is 51.4 Å². The number of carboxylic acid groups (broad SMARTS) is 2. The molecule has 0 aromatic heterocycles. The van der Waals surface area contributed by atoms with Crippen molar-refractivity contribution in [2.75, 3.05) is 14.2 Å². The van der Waals surface area contributed by atoms with Gasteiger partial charge in [-0.2, -0.15) is 0 Å². The zero-order valence-electron chi connectivity index (χ0n) is 15.3. The molecule has 2 rings (SSSR count). The predicted octanol–water partition coefficient (Wildman–Crippen LogP) is 2.10. The van der Waals surface area contributed by atoms with E-state index in [1.54, 1.807) is 0 Å². The van der Waals surface area contributed by atoms with E-state index in [9.17, 15) is 19.2 Å². The summed E-state index contributed by atoms with van der Waals surface area (Å²) in [5, 5.41) is 17.7. The smallest absolute Gasteiger partial charge is 0.309 e. The fourth-order valence-corrected chi connectivity index (χ4v) is 3.72. The van der Waals surface area contributed by atoms with Crippen LogP contribution in [0.15, 0.2) is 0 Å². The molecule has 2 saturated carbocycles. The number of esters is 2. The van der Waals surface area contributed by atoms with E-state index in [-0.39, 0.29) is 11.9 Å². The first-order valence-corrected chi connectivity index (χ1v) is 8.94. The molecule has 0 radical (unpaired) electrons. The van der Waals surface area contributed by atoms with Crippen molar-refractivity contribution in [3.63, 3.8) is 0 Å². The van der Waals surface area contributed by atoms with E-state index >= 15 is 0 Å². The van der Waals surface area contributed by atoms with Gasteiger partial charge in [0.05, 0.1) is 37.9 Å². The summed E-state index contributed by atoms with van der Waals surface area (Å²) in [4.78, 5) is 43.9. The Morgan fingerprint density at radius 3 is 1.12 bits per heavy atom. The van der Waals surface area contributed by atoms with Crippen LogP contribution in [0.25, 0.3) is 0 Å². The molecule has 0 heterocycles. The lowest BCUT2D eigenvalue weighted by Crippen LogP contribution is -2.33. The fraction of sp³-hybridized carbons (Fsp3) is 0.778. The van der Waals surface area contributed by atoms with Gasteiger partial charge in [-0.1, -0.05) is 25.7 Å². The Morgan fingerprint density at radius 1 is 0.615 bits per heavy atom. The lowest BCUT2D eigenvalue weighted by Gasteiger charge is -2.25. The number of hydrogen-bond acceptors (Lipinski definition) is 6. The Hall–Kier alpha value is -2.12. The summed E-state index contributed by atoms with van der Waals surface area (Å²) in [6, 6.07) is 0. The second-order valence-corrected chi connectivity index (χ2v) is 6.72. The number of rotatable bonds is 4. The molecule has 0 amide bonds. The number of ether oxygens (including phenoxy) is 2. The van der Waals surface area contributed by atoms with Gasteiger partial charge in [-0.25, -0.2) is 0 Å². The number of carboxylic acids is 2. The molecule has 0 bridgehead atoms. The van der Waals surface area contributed by atoms with Gasteiger partial charge in [0.1, 0.15) is 0 Å². The lowest BCUT2D eigenvalue weighted by molar-refractivity contribution is -0.157. The highest BCUT2D eigenvalue weighted by Gasteiger charge is 2.37. The standard InChI is InChI=1S/2C9H14O4/c2*1-13-9(12)7-5-3-2-4-6(7)8(10)11/h2*6-7H,2-5H2,1H3,(H,10,11). The summed E-state index contributed by atoms with van der Waals surface area (Å²) in [7, 11) is 2.60. The minimum Gasteiger partial charge on any atom is -0.481 e. The summed E-state index contributed by atoms with van der Waals surface area (Å²) in [5.74, 6) is -4.47. The van der Waals surface area contributed by atoms with Gasteiger partial charge in [-0.05, 0) is 25.7 Å². The molecule has 2 aliphatic carbocycles. The first-order valence-electron chi connectivity index (χ1n) is 8.94. The fourth-order valence-electron chi connectivity index (χ4n) is 3.72. The molecule has 0 saturated heterocycles. The Bertz CT molecular complexity index is 469. The number of carbonyl (C=O) groups excluding carboxylic acids is 2. The quantitative estimate of drug-likeness (QED) is 0.718. The van der Waals surface area contributed by atoms with E-state index in [0.717, 1.165) is 25.7 Å². The lowest BCUT2D eigenvalue weighted by atomic mass is 9.79. The van der Waals surface area contributed by atoms with Crippen LogP contribution in [0.1, 0.15) is 51.4 Å². The van der Waals surface area contributed by atoms with Crippen molar-refractivity contribution in [3.8, 4) is 0 Å². The summed E-state index contributed by atoms with van der Waals surface area (Å²) >= 11 is 0. The zero-order valence-corrected chi connectivity index (χ0v) is 15.3. The van der Waals surface area contributed by atoms with Crippen molar-refractivity contribution in [1.82, 2.24) is 0 Å². The van der Waals surface area contributed by atoms with Gasteiger partial charge in [0.15, 0.2) is 0 Å². The molecule has 0 aromatic rings. The van der Waals surface area contributed by atoms with Gasteiger partial charge < -0.3 is 19.7 Å². The van der Waals surface area contributed by atoms with Gasteiger partial charge in [0.2, 0.25) is 0 Å². The third-order valence-corrected chi connectivity index (χ3v) is 5.17. The van der Waals surface area contributed by atoms with Crippen LogP contribution in [0.5, 0.6) is 0 Å². The molecule has 2 fully saturated rings. The maximum atomic E-state index is 11.2. The van der Waals surface area contributed by atoms with Crippen LogP contribution in [-0.2, 0) is 28.7 Å². The summed E-state index contributed by atoms with van der Waals surface area (Å²) in [5.41, 5.74) is 0. The number of hydrogen-bond donors (Lipinski definition) is 2. The van der Waals surface area contributed by atoms with E-state index in [0.29, 0.717) is 25.7 Å². The summed E-state index contributed by atoms with van der Waals surface area (Å²) in [6.07, 6.45) is 6.10. The number of aliphatic carboxylic acids is 2. The van der Waals surface area contributed by atoms with Gasteiger partial charge >= 0.3 is 23.9 Å². The third kappa shape index (κ3) is 6.00. The monoisotopic (exact) mass is 372 g/mol. The van der Waals surface area contributed by atoms with E-state index in [1.807, 2.05) is 0 Å². The maximum Gasteiger partial charge on any atom is 0.309 e. The first-order chi connectivity index (χ1) is 12.3. The van der Waals surface area contributed by atoms with Crippen molar-refractivity contribution in [1.29, 1.82) is 0 Å². The molecule has 8 nitrogen and oxygen atoms in total. The van der Waals surface area contributed by atoms with Crippen molar-refractivity contribution >= 4 is 23.9 Å². The summed E-state index contributed by atoms with van der Waals surface area (Å²) in [6.45, 7) is 0. The van der Waals surface area contributed by atoms with Crippen LogP contribution < -0.4 is 0 Å². The number of methoxy groups -OCH3 is 2. The van der Waals surface area contributed by atoms with Crippen LogP contribution in [0, 0.1) is 23.7 Å². The average Bonchev–Trinajstić information content (AvgIpc) is 2.67. The van der Waals surface area contributed by atoms with E-state index in [1.165, 1.54) is 14.2 Å². The molecule has 8 heteroatoms. The van der Waals surface area contributed by atoms with Crippen LogP contribution in [-0.4, -0.2) is 48.3 Å². The Balaban J connectivity index is 0.000000260. The van der Waals surface area contributed by atoms with Gasteiger partial charge in [-0.3, -0.25) is 19.2 Å². The molecule has 4 unspecified atom stereocenters. The molecule has 0 aliphatic heterocycles. The SMILES string of the molecule is COC(=O)C1CCCCC1C(=O)O.COC(=O)C1CCCCC1C(=O)O. The minimum atomic E-state index is -0.880. The molecule has 2 N–H and O–H groups in total. The zero-order chi connectivity index (χ0) is 19.7. The molecular weight excluding hydrogens is 344 g/mol. The van der Waals surface area contributed by atoms with E-state index < -0.39 is 35.6 Å². The molecule has 2 aliphatic rings. The third-order valence-electron chi connectivity index (χ3n) is 5.17. The molecular formula is C18H28O8. The number of carbonyl (C=O) groups is 4. The Kier molecular flexibility index (Phi) is 9.09. The highest BCUT2D eigenvalue weighted by atomic mass is 16.5. The average molecular weight is 372 g/mol. The molecule has 148 valence electrons. The van der Waals surface area contributed by atoms with Gasteiger partial charge in [-0.15, -0.1) is 0 Å². The van der Waals surface area contributed by atoms with Crippen LogP contribution in [0.4, 0.5) is 0 Å². The molecule has 4 atom stereocenters. The molecule has 26 heavy (non-hydrogen) atoms. The Labute approximate surface area is 152 Å². The highest BCUT2D eigenvalue weighted by molar-refractivity contribution is 5.81. The van der Waals surface area contributed by atoms with Crippen LogP contribution >= 0.6 is 0 Å². The van der Waals surface area contributed by atoms with Crippen molar-refractivity contribution in [3.05, 3.63) is 0 Å². The van der Waals surface area contributed by atoms with Crippen LogP contribution in [0.2, 0.25) is 0 Å². The van der Waals surface area contributed by atoms with Gasteiger partial charge in [0.25, 0.3) is 0 Å². The second kappa shape index (κ2) is 10.8. The van der Waals surface area contributed by atoms with E-state index in [2.05, 4.69) is 9.47 Å². The van der Waals surface area contributed by atoms with Crippen molar-refractivity contribution < 1.29 is 38.9 Å². The Morgan fingerprint density at radius 2 is 0.885 bits per heavy atom. The van der Waals surface area contributed by atoms with Crippen LogP contribution in [0.3, 0.4) is 0 Å². The largest absolute Gasteiger partial charge is 0.481 e. The highest BCUT2D eigenvalue weighted by Crippen LogP contribution is 2.31. The molecule has 0 aromatic carbocycles. The normalized spacial score (nSPS) is 28.1. The maximum absolute atomic E-state index is 11.2. The van der Waals surface area contributed by atoms with E-state index in [4.69, 9.17) is 10.2 Å². The minimum absolute atomic E-state index is 0.382. The second-order valence-electron chi connectivity index (χ2n) is 6.72.